The Balaban J connectivity index is 2.11. The van der Waals surface area contributed by atoms with Crippen LogP contribution < -0.4 is 14.8 Å². The number of nitro benzene ring substituents is 1. The lowest BCUT2D eigenvalue weighted by Gasteiger charge is -2.15. The molecule has 0 bridgehead atoms. The molecular formula is C18H20N2O5S. The maximum atomic E-state index is 12.5. The second-order valence-corrected chi connectivity index (χ2v) is 6.89. The lowest BCUT2D eigenvalue weighted by Crippen LogP contribution is -2.23. The van der Waals surface area contributed by atoms with Gasteiger partial charge in [-0.2, -0.15) is 0 Å². The minimum absolute atomic E-state index is 0.0250. The quantitative estimate of drug-likeness (QED) is 0.445. The number of methoxy groups -OCH3 is 2. The topological polar surface area (TPSA) is 90.7 Å². The number of rotatable bonds is 7. The highest BCUT2D eigenvalue weighted by molar-refractivity contribution is 8.00. The fourth-order valence-corrected chi connectivity index (χ4v) is 3.23. The van der Waals surface area contributed by atoms with E-state index >= 15 is 0 Å². The van der Waals surface area contributed by atoms with Crippen LogP contribution in [0, 0.1) is 17.0 Å². The fourth-order valence-electron chi connectivity index (χ4n) is 2.34. The summed E-state index contributed by atoms with van der Waals surface area (Å²) in [6.45, 7) is 3.38. The molecule has 0 heterocycles. The Kier molecular flexibility index (Phi) is 6.46. The third-order valence-electron chi connectivity index (χ3n) is 3.80. The molecule has 138 valence electrons. The highest BCUT2D eigenvalue weighted by atomic mass is 32.2. The van der Waals surface area contributed by atoms with Crippen molar-refractivity contribution in [2.24, 2.45) is 0 Å². The Morgan fingerprint density at radius 1 is 1.19 bits per heavy atom. The van der Waals surface area contributed by atoms with Gasteiger partial charge in [0, 0.05) is 11.0 Å². The van der Waals surface area contributed by atoms with E-state index in [1.807, 2.05) is 6.07 Å². The molecule has 0 saturated carbocycles. The molecule has 2 aromatic rings. The molecule has 2 aromatic carbocycles. The molecule has 8 heteroatoms. The molecule has 0 spiro atoms. The average molecular weight is 376 g/mol. The first kappa shape index (κ1) is 19.6. The van der Waals surface area contributed by atoms with Crippen LogP contribution in [0.3, 0.4) is 0 Å². The lowest BCUT2D eigenvalue weighted by molar-refractivity contribution is -0.385. The number of hydrogen-bond donors (Lipinski definition) is 1. The van der Waals surface area contributed by atoms with E-state index in [0.29, 0.717) is 22.7 Å². The molecule has 0 saturated heterocycles. The summed E-state index contributed by atoms with van der Waals surface area (Å²) in [5.41, 5.74) is 0.834. The zero-order chi connectivity index (χ0) is 19.3. The van der Waals surface area contributed by atoms with E-state index in [4.69, 9.17) is 9.47 Å². The fraction of sp³-hybridized carbons (Fsp3) is 0.278. The highest BCUT2D eigenvalue weighted by Crippen LogP contribution is 2.34. The molecule has 1 atom stereocenters. The Morgan fingerprint density at radius 2 is 1.88 bits per heavy atom. The number of carbonyl (C=O) groups excluding carboxylic acids is 1. The molecule has 0 aliphatic heterocycles. The summed E-state index contributed by atoms with van der Waals surface area (Å²) >= 11 is 1.35. The Morgan fingerprint density at radius 3 is 2.50 bits per heavy atom. The predicted molar refractivity (Wildman–Crippen MR) is 101 cm³/mol. The van der Waals surface area contributed by atoms with E-state index in [1.54, 1.807) is 52.3 Å². The van der Waals surface area contributed by atoms with E-state index in [-0.39, 0.29) is 11.6 Å². The van der Waals surface area contributed by atoms with Crippen molar-refractivity contribution in [1.29, 1.82) is 0 Å². The summed E-state index contributed by atoms with van der Waals surface area (Å²) in [6.07, 6.45) is 0. The Bertz CT molecular complexity index is 825. The van der Waals surface area contributed by atoms with Crippen molar-refractivity contribution < 1.29 is 19.2 Å². The number of carbonyl (C=O) groups is 1. The van der Waals surface area contributed by atoms with Crippen molar-refractivity contribution in [2.45, 2.75) is 24.0 Å². The van der Waals surface area contributed by atoms with E-state index in [1.165, 1.54) is 17.8 Å². The first-order chi connectivity index (χ1) is 12.4. The molecule has 1 amide bonds. The lowest BCUT2D eigenvalue weighted by atomic mass is 10.1. The minimum atomic E-state index is -0.465. The molecule has 1 N–H and O–H groups in total. The third-order valence-corrected chi connectivity index (χ3v) is 4.89. The second kappa shape index (κ2) is 8.57. The highest BCUT2D eigenvalue weighted by Gasteiger charge is 2.19. The van der Waals surface area contributed by atoms with Crippen LogP contribution in [-0.4, -0.2) is 30.3 Å². The van der Waals surface area contributed by atoms with Crippen LogP contribution in [0.4, 0.5) is 11.4 Å². The number of amides is 1. The number of anilines is 1. The zero-order valence-electron chi connectivity index (χ0n) is 14.9. The molecular weight excluding hydrogens is 356 g/mol. The largest absolute Gasteiger partial charge is 0.493 e. The molecule has 0 aliphatic carbocycles. The Hall–Kier alpha value is -2.74. The number of thioether (sulfide) groups is 1. The van der Waals surface area contributed by atoms with Crippen LogP contribution in [0.15, 0.2) is 41.3 Å². The van der Waals surface area contributed by atoms with Gasteiger partial charge in [0.05, 0.1) is 35.6 Å². The van der Waals surface area contributed by atoms with Crippen LogP contribution in [0.1, 0.15) is 12.5 Å². The van der Waals surface area contributed by atoms with E-state index in [9.17, 15) is 14.9 Å². The van der Waals surface area contributed by atoms with Crippen LogP contribution in [0.2, 0.25) is 0 Å². The summed E-state index contributed by atoms with van der Waals surface area (Å²) in [4.78, 5) is 23.9. The van der Waals surface area contributed by atoms with Gasteiger partial charge in [0.1, 0.15) is 0 Å². The predicted octanol–water partition coefficient (Wildman–Crippen LogP) is 4.04. The number of ether oxygens (including phenoxy) is 2. The number of nitrogens with one attached hydrogen (secondary N) is 1. The van der Waals surface area contributed by atoms with Gasteiger partial charge < -0.3 is 14.8 Å². The van der Waals surface area contributed by atoms with Crippen molar-refractivity contribution >= 4 is 29.0 Å². The Labute approximate surface area is 155 Å². The molecule has 26 heavy (non-hydrogen) atoms. The van der Waals surface area contributed by atoms with Gasteiger partial charge in [0.25, 0.3) is 5.69 Å². The van der Waals surface area contributed by atoms with Gasteiger partial charge in [-0.15, -0.1) is 11.8 Å². The van der Waals surface area contributed by atoms with Gasteiger partial charge in [-0.1, -0.05) is 6.07 Å². The van der Waals surface area contributed by atoms with Crippen LogP contribution in [-0.2, 0) is 4.79 Å². The van der Waals surface area contributed by atoms with Gasteiger partial charge >= 0.3 is 0 Å². The molecule has 0 fully saturated rings. The molecule has 0 aliphatic rings. The molecule has 0 radical (unpaired) electrons. The second-order valence-electron chi connectivity index (χ2n) is 5.47. The normalized spacial score (nSPS) is 11.5. The van der Waals surface area contributed by atoms with E-state index in [0.717, 1.165) is 4.90 Å². The summed E-state index contributed by atoms with van der Waals surface area (Å²) in [5.74, 6) is 0.953. The summed E-state index contributed by atoms with van der Waals surface area (Å²) < 4.78 is 10.5. The summed E-state index contributed by atoms with van der Waals surface area (Å²) in [6, 6.07) is 10.0. The van der Waals surface area contributed by atoms with Gasteiger partial charge in [-0.05, 0) is 38.1 Å². The number of nitrogens with zero attached hydrogens (tertiary/aromatic N) is 1. The van der Waals surface area contributed by atoms with E-state index in [2.05, 4.69) is 5.32 Å². The number of hydrogen-bond acceptors (Lipinski definition) is 6. The molecule has 0 aromatic heterocycles. The summed E-state index contributed by atoms with van der Waals surface area (Å²) in [7, 11) is 3.11. The smallest absolute Gasteiger partial charge is 0.274 e. The monoisotopic (exact) mass is 376 g/mol. The van der Waals surface area contributed by atoms with Gasteiger partial charge in [0.2, 0.25) is 5.91 Å². The van der Waals surface area contributed by atoms with Crippen molar-refractivity contribution in [3.63, 3.8) is 0 Å². The molecule has 2 rings (SSSR count). The average Bonchev–Trinajstić information content (AvgIpc) is 2.62. The third kappa shape index (κ3) is 4.45. The van der Waals surface area contributed by atoms with Gasteiger partial charge in [0.15, 0.2) is 11.5 Å². The van der Waals surface area contributed by atoms with Crippen LogP contribution in [0.5, 0.6) is 11.5 Å². The van der Waals surface area contributed by atoms with Crippen LogP contribution >= 0.6 is 11.8 Å². The van der Waals surface area contributed by atoms with E-state index < -0.39 is 10.2 Å². The van der Waals surface area contributed by atoms with Crippen LogP contribution in [0.25, 0.3) is 0 Å². The van der Waals surface area contributed by atoms with Crippen molar-refractivity contribution in [3.8, 4) is 11.5 Å². The van der Waals surface area contributed by atoms with Crippen molar-refractivity contribution in [1.82, 2.24) is 0 Å². The molecule has 0 unspecified atom stereocenters. The summed E-state index contributed by atoms with van der Waals surface area (Å²) in [5, 5.41) is 13.4. The van der Waals surface area contributed by atoms with Crippen molar-refractivity contribution in [3.05, 3.63) is 52.1 Å². The maximum absolute atomic E-state index is 12.5. The standard InChI is InChI=1S/C18H20N2O5S/c1-11-14(6-5-7-15(11)20(22)23)19-18(21)12(2)26-13-8-9-16(24-3)17(10-13)25-4/h5-10,12H,1-4H3,(H,19,21)/t12-/m0/s1. The van der Waals surface area contributed by atoms with Crippen molar-refractivity contribution in [2.75, 3.05) is 19.5 Å². The molecule has 7 nitrogen and oxygen atoms in total. The first-order valence-electron chi connectivity index (χ1n) is 7.81. The van der Waals surface area contributed by atoms with Gasteiger partial charge in [-0.3, -0.25) is 14.9 Å². The maximum Gasteiger partial charge on any atom is 0.274 e. The van der Waals surface area contributed by atoms with Gasteiger partial charge in [-0.25, -0.2) is 0 Å². The minimum Gasteiger partial charge on any atom is -0.493 e. The first-order valence-corrected chi connectivity index (χ1v) is 8.69. The zero-order valence-corrected chi connectivity index (χ0v) is 15.8. The number of nitro groups is 1. The number of benzene rings is 2. The SMILES string of the molecule is COc1ccc(S[C@@H](C)C(=O)Nc2cccc([N+](=O)[O-])c2C)cc1OC.